The number of ether oxygens (including phenoxy) is 1. The molecule has 0 aromatic heterocycles. The average molecular weight is 341 g/mol. The second kappa shape index (κ2) is 6.24. The van der Waals surface area contributed by atoms with Crippen LogP contribution in [0, 0.1) is 5.92 Å². The summed E-state index contributed by atoms with van der Waals surface area (Å²) in [5.41, 5.74) is 0.674. The van der Waals surface area contributed by atoms with Gasteiger partial charge in [0.25, 0.3) is 0 Å². The van der Waals surface area contributed by atoms with Gasteiger partial charge in [-0.3, -0.25) is 4.79 Å². The lowest BCUT2D eigenvalue weighted by Gasteiger charge is -2.29. The largest absolute Gasteiger partial charge is 0.379 e. The Kier molecular flexibility index (Phi) is 4.83. The predicted octanol–water partition coefficient (Wildman–Crippen LogP) is 2.03. The van der Waals surface area contributed by atoms with Crippen molar-refractivity contribution in [2.24, 2.45) is 5.92 Å². The summed E-state index contributed by atoms with van der Waals surface area (Å²) < 4.78 is 6.42. The van der Waals surface area contributed by atoms with Gasteiger partial charge < -0.3 is 15.4 Å². The highest BCUT2D eigenvalue weighted by atomic mass is 79.9. The zero-order valence-electron chi connectivity index (χ0n) is 12.1. The van der Waals surface area contributed by atoms with Gasteiger partial charge in [-0.1, -0.05) is 28.1 Å². The molecule has 1 aromatic carbocycles. The highest BCUT2D eigenvalue weighted by Gasteiger charge is 2.35. The summed E-state index contributed by atoms with van der Waals surface area (Å²) >= 11 is 3.42. The highest BCUT2D eigenvalue weighted by Crippen LogP contribution is 2.24. The first-order chi connectivity index (χ1) is 9.44. The van der Waals surface area contributed by atoms with Crippen LogP contribution in [-0.2, 0) is 15.1 Å². The summed E-state index contributed by atoms with van der Waals surface area (Å²) in [5.74, 6) is -0.0931. The molecule has 0 bridgehead atoms. The van der Waals surface area contributed by atoms with Crippen molar-refractivity contribution in [3.8, 4) is 0 Å². The van der Waals surface area contributed by atoms with E-state index in [2.05, 4.69) is 26.6 Å². The number of hydrogen-bond acceptors (Lipinski definition) is 3. The third-order valence-electron chi connectivity index (χ3n) is 3.79. The lowest BCUT2D eigenvalue weighted by atomic mass is 9.92. The third-order valence-corrected chi connectivity index (χ3v) is 4.32. The third kappa shape index (κ3) is 3.40. The Morgan fingerprint density at radius 1 is 1.30 bits per heavy atom. The van der Waals surface area contributed by atoms with E-state index in [0.717, 1.165) is 10.0 Å². The first-order valence-electron chi connectivity index (χ1n) is 6.77. The molecule has 2 N–H and O–H groups in total. The normalized spacial score (nSPS) is 22.8. The Morgan fingerprint density at radius 3 is 2.55 bits per heavy atom. The van der Waals surface area contributed by atoms with E-state index in [9.17, 15) is 4.79 Å². The lowest BCUT2D eigenvalue weighted by Crippen LogP contribution is -2.48. The number of rotatable bonds is 4. The predicted molar refractivity (Wildman–Crippen MR) is 82.5 cm³/mol. The number of halogens is 1. The van der Waals surface area contributed by atoms with Crippen LogP contribution in [0.1, 0.15) is 19.4 Å². The van der Waals surface area contributed by atoms with E-state index in [1.807, 2.05) is 45.2 Å². The average Bonchev–Trinajstić information content (AvgIpc) is 2.87. The summed E-state index contributed by atoms with van der Waals surface area (Å²) in [7, 11) is 1.86. The van der Waals surface area contributed by atoms with Gasteiger partial charge >= 0.3 is 0 Å². The number of benzene rings is 1. The fourth-order valence-corrected chi connectivity index (χ4v) is 2.70. The van der Waals surface area contributed by atoms with Crippen molar-refractivity contribution < 1.29 is 9.53 Å². The molecule has 1 aliphatic rings. The zero-order chi connectivity index (χ0) is 14.8. The maximum Gasteiger partial charge on any atom is 0.227 e. The van der Waals surface area contributed by atoms with Gasteiger partial charge in [-0.05, 0) is 38.6 Å². The van der Waals surface area contributed by atoms with Gasteiger partial charge in [-0.15, -0.1) is 0 Å². The van der Waals surface area contributed by atoms with Gasteiger partial charge in [-0.25, -0.2) is 0 Å². The highest BCUT2D eigenvalue weighted by molar-refractivity contribution is 9.10. The van der Waals surface area contributed by atoms with Crippen LogP contribution in [-0.4, -0.2) is 32.2 Å². The number of nitrogens with one attached hydrogen (secondary N) is 2. The van der Waals surface area contributed by atoms with Crippen LogP contribution in [0.25, 0.3) is 0 Å². The molecule has 2 atom stereocenters. The fourth-order valence-electron chi connectivity index (χ4n) is 2.44. The molecule has 1 aromatic rings. The first-order valence-corrected chi connectivity index (χ1v) is 7.56. The molecule has 2 unspecified atom stereocenters. The van der Waals surface area contributed by atoms with Crippen molar-refractivity contribution in [2.45, 2.75) is 25.4 Å². The second-order valence-electron chi connectivity index (χ2n) is 5.66. The number of carbonyl (C=O) groups is 1. The number of hydrogen-bond donors (Lipinski definition) is 2. The van der Waals surface area contributed by atoms with E-state index in [1.165, 1.54) is 0 Å². The summed E-state index contributed by atoms with van der Waals surface area (Å²) in [5, 5.41) is 6.26. The van der Waals surface area contributed by atoms with Crippen molar-refractivity contribution in [3.63, 3.8) is 0 Å². The summed E-state index contributed by atoms with van der Waals surface area (Å²) in [6, 6.07) is 8.10. The topological polar surface area (TPSA) is 50.4 Å². The van der Waals surface area contributed by atoms with E-state index in [0.29, 0.717) is 13.2 Å². The van der Waals surface area contributed by atoms with E-state index < -0.39 is 5.54 Å². The van der Waals surface area contributed by atoms with Gasteiger partial charge in [-0.2, -0.15) is 0 Å². The Hall–Kier alpha value is -0.910. The van der Waals surface area contributed by atoms with Gasteiger partial charge in [0, 0.05) is 10.5 Å². The molecule has 0 aliphatic carbocycles. The molecule has 1 heterocycles. The maximum atomic E-state index is 12.4. The molecule has 0 spiro atoms. The summed E-state index contributed by atoms with van der Waals surface area (Å²) in [4.78, 5) is 12.4. The van der Waals surface area contributed by atoms with Crippen LogP contribution < -0.4 is 10.6 Å². The van der Waals surface area contributed by atoms with E-state index in [4.69, 9.17) is 4.74 Å². The van der Waals surface area contributed by atoms with E-state index in [-0.39, 0.29) is 17.9 Å². The van der Waals surface area contributed by atoms with Crippen LogP contribution in [0.5, 0.6) is 0 Å². The van der Waals surface area contributed by atoms with E-state index in [1.54, 1.807) is 0 Å². The number of amides is 1. The molecule has 1 saturated heterocycles. The SMILES string of the molecule is CNC1COCC1C(=O)NC(C)(C)c1ccc(Br)cc1. The van der Waals surface area contributed by atoms with Gasteiger partial charge in [0.1, 0.15) is 0 Å². The fraction of sp³-hybridized carbons (Fsp3) is 0.533. The first kappa shape index (κ1) is 15.5. The molecule has 1 amide bonds. The minimum Gasteiger partial charge on any atom is -0.379 e. The summed E-state index contributed by atoms with van der Waals surface area (Å²) in [6.45, 7) is 5.09. The zero-order valence-corrected chi connectivity index (χ0v) is 13.7. The van der Waals surface area contributed by atoms with Crippen molar-refractivity contribution in [1.82, 2.24) is 10.6 Å². The number of carbonyl (C=O) groups excluding carboxylic acids is 1. The van der Waals surface area contributed by atoms with Crippen LogP contribution in [0.3, 0.4) is 0 Å². The minimum absolute atomic E-state index is 0.0368. The van der Waals surface area contributed by atoms with Crippen molar-refractivity contribution >= 4 is 21.8 Å². The molecule has 1 fully saturated rings. The van der Waals surface area contributed by atoms with E-state index >= 15 is 0 Å². The molecule has 20 heavy (non-hydrogen) atoms. The quantitative estimate of drug-likeness (QED) is 0.881. The Bertz CT molecular complexity index is 473. The van der Waals surface area contributed by atoms with Gasteiger partial charge in [0.2, 0.25) is 5.91 Å². The van der Waals surface area contributed by atoms with Crippen LogP contribution in [0.4, 0.5) is 0 Å². The van der Waals surface area contributed by atoms with Crippen molar-refractivity contribution in [1.29, 1.82) is 0 Å². The second-order valence-corrected chi connectivity index (χ2v) is 6.58. The molecule has 0 saturated carbocycles. The molecular formula is C15H21BrN2O2. The molecular weight excluding hydrogens is 320 g/mol. The Balaban J connectivity index is 2.07. The monoisotopic (exact) mass is 340 g/mol. The van der Waals surface area contributed by atoms with Crippen LogP contribution >= 0.6 is 15.9 Å². The molecule has 0 radical (unpaired) electrons. The van der Waals surface area contributed by atoms with Crippen LogP contribution in [0.15, 0.2) is 28.7 Å². The lowest BCUT2D eigenvalue weighted by molar-refractivity contribution is -0.127. The van der Waals surface area contributed by atoms with Crippen molar-refractivity contribution in [3.05, 3.63) is 34.3 Å². The molecule has 1 aliphatic heterocycles. The molecule has 5 heteroatoms. The van der Waals surface area contributed by atoms with Gasteiger partial charge in [0.05, 0.1) is 24.7 Å². The Labute approximate surface area is 128 Å². The summed E-state index contributed by atoms with van der Waals surface area (Å²) in [6.07, 6.45) is 0. The molecule has 110 valence electrons. The molecule has 2 rings (SSSR count). The smallest absolute Gasteiger partial charge is 0.227 e. The number of likely N-dealkylation sites (N-methyl/N-ethyl adjacent to an activating group) is 1. The van der Waals surface area contributed by atoms with Gasteiger partial charge in [0.15, 0.2) is 0 Å². The maximum absolute atomic E-state index is 12.4. The Morgan fingerprint density at radius 2 is 1.95 bits per heavy atom. The molecule has 4 nitrogen and oxygen atoms in total. The van der Waals surface area contributed by atoms with Crippen LogP contribution in [0.2, 0.25) is 0 Å². The standard InChI is InChI=1S/C15H21BrN2O2/c1-15(2,10-4-6-11(16)7-5-10)18-14(19)12-8-20-9-13(12)17-3/h4-7,12-13,17H,8-9H2,1-3H3,(H,18,19). The van der Waals surface area contributed by atoms with Crippen molar-refractivity contribution in [2.75, 3.05) is 20.3 Å². The minimum atomic E-state index is -0.404.